The van der Waals surface area contributed by atoms with E-state index in [-0.39, 0.29) is 11.2 Å². The Labute approximate surface area is 71.5 Å². The lowest BCUT2D eigenvalue weighted by Gasteiger charge is -2.24. The zero-order valence-corrected chi connectivity index (χ0v) is 7.08. The fraction of sp³-hybridized carbons (Fsp3) is 1.00. The Bertz CT molecular complexity index is 207. The van der Waals surface area contributed by atoms with Crippen LogP contribution in [-0.4, -0.2) is 29.4 Å². The lowest BCUT2D eigenvalue weighted by atomic mass is 10.1. The molecule has 0 spiro atoms. The largest absolute Gasteiger partial charge is 0.295 e. The Morgan fingerprint density at radius 3 is 1.92 bits per heavy atom. The van der Waals surface area contributed by atoms with Gasteiger partial charge in [0.2, 0.25) is 0 Å². The van der Waals surface area contributed by atoms with E-state index in [0.717, 1.165) is 38.8 Å². The molecule has 1 heterocycles. The van der Waals surface area contributed by atoms with Crippen LogP contribution >= 0.6 is 0 Å². The zero-order chi connectivity index (χ0) is 8.23. The summed E-state index contributed by atoms with van der Waals surface area (Å²) in [5.41, 5.74) is -0.145. The minimum atomic E-state index is -0.115. The van der Waals surface area contributed by atoms with E-state index in [1.54, 1.807) is 0 Å². The molecule has 0 aromatic heterocycles. The van der Waals surface area contributed by atoms with Gasteiger partial charge in [-0.25, -0.2) is 5.90 Å². The maximum atomic E-state index is 5.81. The Kier molecular flexibility index (Phi) is 1.22. The van der Waals surface area contributed by atoms with Gasteiger partial charge >= 0.3 is 0 Å². The number of hydrogen-bond acceptors (Lipinski definition) is 4. The minimum absolute atomic E-state index is 0.0295. The number of hydroxylamine groups is 2. The average molecular weight is 170 g/mol. The van der Waals surface area contributed by atoms with Crippen molar-refractivity contribution < 1.29 is 9.68 Å². The van der Waals surface area contributed by atoms with Crippen molar-refractivity contribution in [3.63, 3.8) is 0 Å². The van der Waals surface area contributed by atoms with Crippen LogP contribution in [0, 0.1) is 0 Å². The third kappa shape index (κ3) is 0.864. The Morgan fingerprint density at radius 1 is 1.00 bits per heavy atom. The molecular weight excluding hydrogens is 156 g/mol. The molecule has 0 radical (unpaired) electrons. The number of hydrogen-bond donors (Lipinski definition) is 1. The van der Waals surface area contributed by atoms with E-state index >= 15 is 0 Å². The summed E-state index contributed by atoms with van der Waals surface area (Å²) < 4.78 is 0. The molecule has 3 rings (SSSR count). The van der Waals surface area contributed by atoms with E-state index in [2.05, 4.69) is 0 Å². The van der Waals surface area contributed by atoms with Crippen molar-refractivity contribution in [3.05, 3.63) is 0 Å². The van der Waals surface area contributed by atoms with Crippen molar-refractivity contribution in [1.82, 2.24) is 5.06 Å². The van der Waals surface area contributed by atoms with Gasteiger partial charge in [0.1, 0.15) is 11.2 Å². The molecule has 1 aliphatic heterocycles. The molecule has 0 unspecified atom stereocenters. The summed E-state index contributed by atoms with van der Waals surface area (Å²) in [5.74, 6) is 5.29. The normalized spacial score (nSPS) is 34.8. The predicted molar refractivity (Wildman–Crippen MR) is 41.9 cm³/mol. The Balaban J connectivity index is 1.72. The van der Waals surface area contributed by atoms with Crippen LogP contribution in [0.4, 0.5) is 0 Å². The maximum absolute atomic E-state index is 5.81. The molecule has 2 N–H and O–H groups in total. The first kappa shape index (κ1) is 7.26. The van der Waals surface area contributed by atoms with Crippen molar-refractivity contribution in [2.75, 3.05) is 13.1 Å². The molecule has 0 bridgehead atoms. The molecular formula is C8H14N2O2. The van der Waals surface area contributed by atoms with Crippen LogP contribution in [0.1, 0.15) is 25.7 Å². The summed E-state index contributed by atoms with van der Waals surface area (Å²) in [4.78, 5) is 10.9. The van der Waals surface area contributed by atoms with E-state index in [0.29, 0.717) is 0 Å². The maximum Gasteiger partial charge on any atom is 0.121 e. The zero-order valence-electron chi connectivity index (χ0n) is 7.08. The SMILES string of the molecule is NOC1(C2(ON3CC3)CC2)CC1. The molecule has 3 aliphatic rings. The third-order valence-electron chi connectivity index (χ3n) is 3.17. The quantitative estimate of drug-likeness (QED) is 0.483. The van der Waals surface area contributed by atoms with Crippen molar-refractivity contribution in [3.8, 4) is 0 Å². The van der Waals surface area contributed by atoms with Crippen LogP contribution in [0.5, 0.6) is 0 Å². The summed E-state index contributed by atoms with van der Waals surface area (Å²) in [5, 5.41) is 1.99. The lowest BCUT2D eigenvalue weighted by molar-refractivity contribution is -0.197. The molecule has 0 aromatic rings. The third-order valence-corrected chi connectivity index (χ3v) is 3.17. The molecule has 4 nitrogen and oxygen atoms in total. The van der Waals surface area contributed by atoms with Gasteiger partial charge in [-0.05, 0) is 25.7 Å². The van der Waals surface area contributed by atoms with Gasteiger partial charge in [-0.1, -0.05) is 0 Å². The van der Waals surface area contributed by atoms with E-state index in [9.17, 15) is 0 Å². The van der Waals surface area contributed by atoms with Crippen molar-refractivity contribution in [1.29, 1.82) is 0 Å². The first-order chi connectivity index (χ1) is 5.80. The van der Waals surface area contributed by atoms with Gasteiger partial charge in [0, 0.05) is 13.1 Å². The van der Waals surface area contributed by atoms with E-state index in [1.807, 2.05) is 5.06 Å². The molecule has 0 atom stereocenters. The van der Waals surface area contributed by atoms with Crippen LogP contribution in [-0.2, 0) is 9.68 Å². The van der Waals surface area contributed by atoms with Crippen LogP contribution in [0.3, 0.4) is 0 Å². The van der Waals surface area contributed by atoms with Gasteiger partial charge in [0.25, 0.3) is 0 Å². The fourth-order valence-corrected chi connectivity index (χ4v) is 1.92. The number of rotatable bonds is 4. The average Bonchev–Trinajstić information content (AvgIpc) is 2.94. The van der Waals surface area contributed by atoms with E-state index in [4.69, 9.17) is 15.6 Å². The second-order valence-electron chi connectivity index (χ2n) is 4.13. The van der Waals surface area contributed by atoms with Gasteiger partial charge in [-0.3, -0.25) is 9.68 Å². The monoisotopic (exact) mass is 170 g/mol. The minimum Gasteiger partial charge on any atom is -0.295 e. The van der Waals surface area contributed by atoms with Crippen molar-refractivity contribution in [2.45, 2.75) is 36.9 Å². The predicted octanol–water partition coefficient (Wildman–Crippen LogP) is 0.189. The highest BCUT2D eigenvalue weighted by Gasteiger charge is 2.70. The molecule has 1 saturated heterocycles. The van der Waals surface area contributed by atoms with Crippen molar-refractivity contribution >= 4 is 0 Å². The second kappa shape index (κ2) is 2.01. The highest BCUT2D eigenvalue weighted by atomic mass is 16.7. The lowest BCUT2D eigenvalue weighted by Crippen LogP contribution is -2.39. The molecule has 2 saturated carbocycles. The van der Waals surface area contributed by atoms with Gasteiger partial charge in [-0.15, -0.1) is 0 Å². The Hall–Kier alpha value is -0.160. The first-order valence-corrected chi connectivity index (χ1v) is 4.62. The topological polar surface area (TPSA) is 47.5 Å². The molecule has 3 fully saturated rings. The second-order valence-corrected chi connectivity index (χ2v) is 4.13. The summed E-state index contributed by atoms with van der Waals surface area (Å²) in [6, 6.07) is 0. The smallest absolute Gasteiger partial charge is 0.121 e. The van der Waals surface area contributed by atoms with Gasteiger partial charge in [0.05, 0.1) is 0 Å². The van der Waals surface area contributed by atoms with Crippen LogP contribution in [0.25, 0.3) is 0 Å². The number of nitrogens with zero attached hydrogens (tertiary/aromatic N) is 1. The molecule has 2 aliphatic carbocycles. The Morgan fingerprint density at radius 2 is 1.58 bits per heavy atom. The van der Waals surface area contributed by atoms with E-state index in [1.165, 1.54) is 0 Å². The molecule has 4 heteroatoms. The highest BCUT2D eigenvalue weighted by molar-refractivity contribution is 5.19. The summed E-state index contributed by atoms with van der Waals surface area (Å²) in [6.07, 6.45) is 4.36. The summed E-state index contributed by atoms with van der Waals surface area (Å²) in [7, 11) is 0. The molecule has 0 amide bonds. The van der Waals surface area contributed by atoms with Crippen LogP contribution in [0.15, 0.2) is 0 Å². The summed E-state index contributed by atoms with van der Waals surface area (Å²) >= 11 is 0. The number of nitrogens with two attached hydrogens (primary N) is 1. The first-order valence-electron chi connectivity index (χ1n) is 4.62. The van der Waals surface area contributed by atoms with Gasteiger partial charge in [0.15, 0.2) is 0 Å². The fourth-order valence-electron chi connectivity index (χ4n) is 1.92. The van der Waals surface area contributed by atoms with E-state index < -0.39 is 0 Å². The molecule has 0 aromatic carbocycles. The van der Waals surface area contributed by atoms with Crippen LogP contribution in [0.2, 0.25) is 0 Å². The highest BCUT2D eigenvalue weighted by Crippen LogP contribution is 2.61. The van der Waals surface area contributed by atoms with Crippen LogP contribution < -0.4 is 5.90 Å². The van der Waals surface area contributed by atoms with Crippen molar-refractivity contribution in [2.24, 2.45) is 5.90 Å². The summed E-state index contributed by atoms with van der Waals surface area (Å²) in [6.45, 7) is 2.14. The van der Waals surface area contributed by atoms with Gasteiger partial charge < -0.3 is 0 Å². The molecule has 12 heavy (non-hydrogen) atoms. The standard InChI is InChI=1S/C8H14N2O2/c9-11-7(1-2-7)8(3-4-8)12-10-5-6-10/h1-6,9H2. The van der Waals surface area contributed by atoms with Gasteiger partial charge in [-0.2, -0.15) is 5.06 Å². The molecule has 68 valence electrons.